The minimum Gasteiger partial charge on any atom is -0.350 e. The van der Waals surface area contributed by atoms with Crippen molar-refractivity contribution in [2.45, 2.75) is 17.5 Å². The minimum atomic E-state index is -3.99. The molecule has 2 heterocycles. The SMILES string of the molecule is O=C(NCc1ccc2ccccc2c1)C1CN(S(=O)(=O)c2ccc(F)cc2)CCN1C(=O)c1cccs1. The molecule has 0 saturated carbocycles. The Labute approximate surface area is 218 Å². The van der Waals surface area contributed by atoms with Crippen molar-refractivity contribution in [3.63, 3.8) is 0 Å². The van der Waals surface area contributed by atoms with Crippen LogP contribution in [0.5, 0.6) is 0 Å². The van der Waals surface area contributed by atoms with Gasteiger partial charge in [0.2, 0.25) is 15.9 Å². The van der Waals surface area contributed by atoms with Gasteiger partial charge in [0.05, 0.1) is 9.77 Å². The second-order valence-corrected chi connectivity index (χ2v) is 11.6. The zero-order valence-electron chi connectivity index (χ0n) is 19.7. The predicted octanol–water partition coefficient (Wildman–Crippen LogP) is 3.87. The maximum Gasteiger partial charge on any atom is 0.264 e. The molecule has 1 saturated heterocycles. The van der Waals surface area contributed by atoms with Crippen LogP contribution in [0.4, 0.5) is 4.39 Å². The van der Waals surface area contributed by atoms with Crippen molar-refractivity contribution in [3.8, 4) is 0 Å². The topological polar surface area (TPSA) is 86.8 Å². The fourth-order valence-corrected chi connectivity index (χ4v) is 6.51. The molecule has 1 N–H and O–H groups in total. The lowest BCUT2D eigenvalue weighted by Gasteiger charge is -2.39. The van der Waals surface area contributed by atoms with Gasteiger partial charge < -0.3 is 10.2 Å². The van der Waals surface area contributed by atoms with E-state index in [1.807, 2.05) is 42.5 Å². The van der Waals surface area contributed by atoms with Crippen LogP contribution in [0.3, 0.4) is 0 Å². The quantitative estimate of drug-likeness (QED) is 0.405. The molecule has 1 aliphatic rings. The number of piperazine rings is 1. The lowest BCUT2D eigenvalue weighted by Crippen LogP contribution is -2.61. The van der Waals surface area contributed by atoms with E-state index in [4.69, 9.17) is 0 Å². The van der Waals surface area contributed by atoms with Gasteiger partial charge in [0, 0.05) is 26.2 Å². The molecular weight excluding hydrogens is 513 g/mol. The third kappa shape index (κ3) is 5.27. The monoisotopic (exact) mass is 537 g/mol. The highest BCUT2D eigenvalue weighted by molar-refractivity contribution is 7.89. The Morgan fingerprint density at radius 2 is 1.70 bits per heavy atom. The molecule has 3 aromatic carbocycles. The minimum absolute atomic E-state index is 0.0191. The molecule has 5 rings (SSSR count). The van der Waals surface area contributed by atoms with Gasteiger partial charge in [0.25, 0.3) is 5.91 Å². The number of nitrogens with one attached hydrogen (secondary N) is 1. The summed E-state index contributed by atoms with van der Waals surface area (Å²) in [7, 11) is -3.99. The molecule has 190 valence electrons. The van der Waals surface area contributed by atoms with Gasteiger partial charge in [0.15, 0.2) is 0 Å². The Balaban J connectivity index is 1.38. The average molecular weight is 538 g/mol. The molecule has 1 atom stereocenters. The Morgan fingerprint density at radius 1 is 0.946 bits per heavy atom. The molecule has 4 aromatic rings. The van der Waals surface area contributed by atoms with Gasteiger partial charge in [-0.3, -0.25) is 9.59 Å². The summed E-state index contributed by atoms with van der Waals surface area (Å²) in [5.74, 6) is -1.31. The summed E-state index contributed by atoms with van der Waals surface area (Å²) < 4.78 is 41.0. The highest BCUT2D eigenvalue weighted by atomic mass is 32.2. The van der Waals surface area contributed by atoms with Crippen LogP contribution in [0.2, 0.25) is 0 Å². The standard InChI is InChI=1S/C27H24FN3O4S2/c28-22-9-11-23(12-10-22)37(34,35)30-13-14-31(27(33)25-6-3-15-36-25)24(18-30)26(32)29-17-19-7-8-20-4-1-2-5-21(20)16-19/h1-12,15-16,24H,13-14,17-18H2,(H,29,32). The van der Waals surface area contributed by atoms with E-state index >= 15 is 0 Å². The fourth-order valence-electron chi connectivity index (χ4n) is 4.40. The predicted molar refractivity (Wildman–Crippen MR) is 140 cm³/mol. The van der Waals surface area contributed by atoms with Crippen LogP contribution in [0, 0.1) is 5.82 Å². The number of fused-ring (bicyclic) bond motifs is 1. The highest BCUT2D eigenvalue weighted by Crippen LogP contribution is 2.23. The zero-order valence-corrected chi connectivity index (χ0v) is 21.3. The van der Waals surface area contributed by atoms with E-state index in [1.165, 1.54) is 32.7 Å². The number of thiophene rings is 1. The number of carbonyl (C=O) groups excluding carboxylic acids is 2. The summed E-state index contributed by atoms with van der Waals surface area (Å²) in [6.07, 6.45) is 0. The maximum absolute atomic E-state index is 13.4. The summed E-state index contributed by atoms with van der Waals surface area (Å²) >= 11 is 1.26. The molecule has 0 radical (unpaired) electrons. The van der Waals surface area contributed by atoms with Crippen molar-refractivity contribution in [2.24, 2.45) is 0 Å². The van der Waals surface area contributed by atoms with Gasteiger partial charge in [-0.25, -0.2) is 12.8 Å². The lowest BCUT2D eigenvalue weighted by atomic mass is 10.1. The largest absolute Gasteiger partial charge is 0.350 e. The molecule has 0 bridgehead atoms. The van der Waals surface area contributed by atoms with Crippen molar-refractivity contribution in [2.75, 3.05) is 19.6 Å². The molecule has 1 aromatic heterocycles. The smallest absolute Gasteiger partial charge is 0.264 e. The number of rotatable bonds is 6. The van der Waals surface area contributed by atoms with Crippen LogP contribution in [0.15, 0.2) is 89.1 Å². The fraction of sp³-hybridized carbons (Fsp3) is 0.185. The van der Waals surface area contributed by atoms with E-state index in [9.17, 15) is 22.4 Å². The molecule has 7 nitrogen and oxygen atoms in total. The van der Waals surface area contributed by atoms with Crippen LogP contribution in [-0.2, 0) is 21.4 Å². The summed E-state index contributed by atoms with van der Waals surface area (Å²) in [5, 5.41) is 6.78. The first-order valence-electron chi connectivity index (χ1n) is 11.7. The van der Waals surface area contributed by atoms with Gasteiger partial charge in [-0.1, -0.05) is 42.5 Å². The summed E-state index contributed by atoms with van der Waals surface area (Å²) in [5.41, 5.74) is 0.884. The number of hydrogen-bond donors (Lipinski definition) is 1. The average Bonchev–Trinajstić information content (AvgIpc) is 3.46. The van der Waals surface area contributed by atoms with E-state index in [0.29, 0.717) is 4.88 Å². The van der Waals surface area contributed by atoms with E-state index in [1.54, 1.807) is 17.5 Å². The Morgan fingerprint density at radius 3 is 2.43 bits per heavy atom. The third-order valence-electron chi connectivity index (χ3n) is 6.37. The molecule has 1 fully saturated rings. The van der Waals surface area contributed by atoms with Crippen LogP contribution in [0.1, 0.15) is 15.2 Å². The van der Waals surface area contributed by atoms with E-state index in [0.717, 1.165) is 28.5 Å². The molecule has 0 aliphatic carbocycles. The first-order chi connectivity index (χ1) is 17.8. The van der Waals surface area contributed by atoms with E-state index in [-0.39, 0.29) is 37.0 Å². The number of sulfonamides is 1. The molecule has 0 spiro atoms. The van der Waals surface area contributed by atoms with Crippen molar-refractivity contribution < 1.29 is 22.4 Å². The number of halogens is 1. The Hall–Kier alpha value is -3.60. The van der Waals surface area contributed by atoms with Crippen LogP contribution >= 0.6 is 11.3 Å². The van der Waals surface area contributed by atoms with Gasteiger partial charge in [-0.2, -0.15) is 4.31 Å². The normalized spacial score (nSPS) is 16.6. The van der Waals surface area contributed by atoms with E-state index in [2.05, 4.69) is 5.32 Å². The van der Waals surface area contributed by atoms with Crippen LogP contribution < -0.4 is 5.32 Å². The van der Waals surface area contributed by atoms with Gasteiger partial charge in [-0.15, -0.1) is 11.3 Å². The molecule has 2 amide bonds. The number of amides is 2. The second-order valence-electron chi connectivity index (χ2n) is 8.71. The molecule has 1 unspecified atom stereocenters. The molecular formula is C27H24FN3O4S2. The summed E-state index contributed by atoms with van der Waals surface area (Å²) in [4.78, 5) is 28.4. The molecule has 10 heteroatoms. The zero-order chi connectivity index (χ0) is 26.0. The van der Waals surface area contributed by atoms with Crippen molar-refractivity contribution in [3.05, 3.63) is 101 Å². The highest BCUT2D eigenvalue weighted by Gasteiger charge is 2.40. The van der Waals surface area contributed by atoms with Crippen molar-refractivity contribution in [1.29, 1.82) is 0 Å². The first-order valence-corrected chi connectivity index (χ1v) is 14.0. The second kappa shape index (κ2) is 10.4. The number of benzene rings is 3. The van der Waals surface area contributed by atoms with E-state index < -0.39 is 27.8 Å². The van der Waals surface area contributed by atoms with Gasteiger partial charge in [-0.05, 0) is 58.1 Å². The number of carbonyl (C=O) groups is 2. The summed E-state index contributed by atoms with van der Waals surface area (Å²) in [6.45, 7) is 0.0861. The lowest BCUT2D eigenvalue weighted by molar-refractivity contribution is -0.127. The number of nitrogens with zero attached hydrogens (tertiary/aromatic N) is 2. The number of hydrogen-bond acceptors (Lipinski definition) is 5. The molecule has 37 heavy (non-hydrogen) atoms. The first kappa shape index (κ1) is 25.1. The maximum atomic E-state index is 13.4. The van der Waals surface area contributed by atoms with Gasteiger partial charge in [0.1, 0.15) is 11.9 Å². The third-order valence-corrected chi connectivity index (χ3v) is 9.11. The summed E-state index contributed by atoms with van der Waals surface area (Å²) in [6, 6.07) is 20.7. The van der Waals surface area contributed by atoms with Crippen molar-refractivity contribution >= 4 is 43.9 Å². The molecule has 1 aliphatic heterocycles. The van der Waals surface area contributed by atoms with Crippen molar-refractivity contribution in [1.82, 2.24) is 14.5 Å². The van der Waals surface area contributed by atoms with Gasteiger partial charge >= 0.3 is 0 Å². The Kier molecular flexibility index (Phi) is 7.05. The van der Waals surface area contributed by atoms with Crippen LogP contribution in [-0.4, -0.2) is 55.1 Å². The Bertz CT molecular complexity index is 1540. The van der Waals surface area contributed by atoms with Crippen LogP contribution in [0.25, 0.3) is 10.8 Å².